The molecule has 0 amide bonds. The number of nitrogens with one attached hydrogen (secondary N) is 1. The maximum absolute atomic E-state index is 9.33. The van der Waals surface area contributed by atoms with Gasteiger partial charge in [-0.25, -0.2) is 0 Å². The monoisotopic (exact) mass is 271 g/mol. The third-order valence-corrected chi connectivity index (χ3v) is 3.43. The van der Waals surface area contributed by atoms with Crippen molar-refractivity contribution in [1.29, 1.82) is 0 Å². The molecule has 1 unspecified atom stereocenters. The molecule has 0 saturated carbocycles. The molecule has 0 spiro atoms. The molecule has 0 bridgehead atoms. The minimum Gasteiger partial charge on any atom is -0.508 e. The van der Waals surface area contributed by atoms with Crippen molar-refractivity contribution in [2.45, 2.75) is 32.5 Å². The average Bonchev–Trinajstić information content (AvgIpc) is 2.50. The van der Waals surface area contributed by atoms with Gasteiger partial charge in [0.2, 0.25) is 0 Å². The van der Waals surface area contributed by atoms with Crippen molar-refractivity contribution in [2.24, 2.45) is 0 Å². The lowest BCUT2D eigenvalue weighted by molar-refractivity contribution is 0.281. The van der Waals surface area contributed by atoms with E-state index in [0.29, 0.717) is 5.75 Å². The zero-order valence-corrected chi connectivity index (χ0v) is 11.7. The van der Waals surface area contributed by atoms with Gasteiger partial charge in [0.1, 0.15) is 5.75 Å². The van der Waals surface area contributed by atoms with E-state index in [0.717, 1.165) is 24.1 Å². The number of benzene rings is 2. The van der Waals surface area contributed by atoms with Gasteiger partial charge in [0.25, 0.3) is 0 Å². The second-order valence-corrected chi connectivity index (χ2v) is 4.91. The second kappa shape index (κ2) is 7.08. The Balaban J connectivity index is 2.01. The zero-order valence-electron chi connectivity index (χ0n) is 11.7. The highest BCUT2D eigenvalue weighted by Crippen LogP contribution is 2.20. The molecule has 20 heavy (non-hydrogen) atoms. The summed E-state index contributed by atoms with van der Waals surface area (Å²) < 4.78 is 0. The molecule has 2 aromatic carbocycles. The molecule has 3 nitrogen and oxygen atoms in total. The van der Waals surface area contributed by atoms with Gasteiger partial charge in [-0.15, -0.1) is 0 Å². The fourth-order valence-corrected chi connectivity index (χ4v) is 2.28. The van der Waals surface area contributed by atoms with E-state index in [4.69, 9.17) is 5.11 Å². The van der Waals surface area contributed by atoms with Gasteiger partial charge in [-0.2, -0.15) is 0 Å². The molecule has 0 radical (unpaired) electrons. The Hall–Kier alpha value is -1.84. The van der Waals surface area contributed by atoms with Gasteiger partial charge in [-0.3, -0.25) is 0 Å². The maximum atomic E-state index is 9.33. The molecule has 0 heterocycles. The van der Waals surface area contributed by atoms with Crippen LogP contribution in [0.2, 0.25) is 0 Å². The number of hydrogen-bond donors (Lipinski definition) is 3. The first-order valence-corrected chi connectivity index (χ1v) is 6.94. The molecule has 0 saturated heterocycles. The van der Waals surface area contributed by atoms with E-state index in [1.165, 1.54) is 5.56 Å². The summed E-state index contributed by atoms with van der Waals surface area (Å²) in [5.74, 6) is 0.291. The number of aliphatic hydroxyl groups excluding tert-OH is 1. The van der Waals surface area contributed by atoms with Crippen LogP contribution in [0.25, 0.3) is 0 Å². The highest BCUT2D eigenvalue weighted by Gasteiger charge is 2.08. The minimum atomic E-state index is 0.0724. The lowest BCUT2D eigenvalue weighted by Crippen LogP contribution is -2.20. The molecule has 0 aliphatic carbocycles. The Morgan fingerprint density at radius 3 is 2.40 bits per heavy atom. The van der Waals surface area contributed by atoms with E-state index in [1.807, 2.05) is 30.3 Å². The van der Waals surface area contributed by atoms with Gasteiger partial charge in [-0.1, -0.05) is 43.3 Å². The molecule has 0 aliphatic rings. The van der Waals surface area contributed by atoms with Gasteiger partial charge in [0.15, 0.2) is 0 Å². The maximum Gasteiger partial charge on any atom is 0.115 e. The smallest absolute Gasteiger partial charge is 0.115 e. The van der Waals surface area contributed by atoms with E-state index in [1.54, 1.807) is 12.1 Å². The number of phenols is 1. The van der Waals surface area contributed by atoms with Crippen molar-refractivity contribution in [3.05, 3.63) is 65.2 Å². The Morgan fingerprint density at radius 2 is 1.75 bits per heavy atom. The van der Waals surface area contributed by atoms with E-state index < -0.39 is 0 Å². The quantitative estimate of drug-likeness (QED) is 0.756. The van der Waals surface area contributed by atoms with Gasteiger partial charge < -0.3 is 15.5 Å². The number of aromatic hydroxyl groups is 1. The SMILES string of the molecule is CCC(NCc1cccc(CO)c1)c1ccc(O)cc1. The Labute approximate surface area is 119 Å². The fourth-order valence-electron chi connectivity index (χ4n) is 2.28. The Kier molecular flexibility index (Phi) is 5.16. The summed E-state index contributed by atoms with van der Waals surface area (Å²) >= 11 is 0. The summed E-state index contributed by atoms with van der Waals surface area (Å²) in [5, 5.41) is 22.0. The summed E-state index contributed by atoms with van der Waals surface area (Å²) in [4.78, 5) is 0. The van der Waals surface area contributed by atoms with Crippen molar-refractivity contribution >= 4 is 0 Å². The average molecular weight is 271 g/mol. The third-order valence-electron chi connectivity index (χ3n) is 3.43. The number of hydrogen-bond acceptors (Lipinski definition) is 3. The highest BCUT2D eigenvalue weighted by molar-refractivity contribution is 5.28. The molecular formula is C17H21NO2. The van der Waals surface area contributed by atoms with Crippen LogP contribution >= 0.6 is 0 Å². The van der Waals surface area contributed by atoms with Gasteiger partial charge >= 0.3 is 0 Å². The van der Waals surface area contributed by atoms with Gasteiger partial charge in [0, 0.05) is 12.6 Å². The standard InChI is InChI=1S/C17H21NO2/c1-2-17(15-6-8-16(20)9-7-15)18-11-13-4-3-5-14(10-13)12-19/h3-10,17-20H,2,11-12H2,1H3. The van der Waals surface area contributed by atoms with Crippen molar-refractivity contribution in [2.75, 3.05) is 0 Å². The Morgan fingerprint density at radius 1 is 1.05 bits per heavy atom. The first-order valence-electron chi connectivity index (χ1n) is 6.94. The zero-order chi connectivity index (χ0) is 14.4. The molecule has 2 rings (SSSR count). The van der Waals surface area contributed by atoms with Gasteiger partial charge in [0.05, 0.1) is 6.61 Å². The molecule has 0 fully saturated rings. The largest absolute Gasteiger partial charge is 0.508 e. The second-order valence-electron chi connectivity index (χ2n) is 4.91. The van der Waals surface area contributed by atoms with Crippen LogP contribution < -0.4 is 5.32 Å². The van der Waals surface area contributed by atoms with Crippen molar-refractivity contribution < 1.29 is 10.2 Å². The summed E-state index contributed by atoms with van der Waals surface area (Å²) in [6.45, 7) is 2.96. The molecule has 106 valence electrons. The predicted molar refractivity (Wildman–Crippen MR) is 80.3 cm³/mol. The van der Waals surface area contributed by atoms with Crippen LogP contribution in [0, 0.1) is 0 Å². The van der Waals surface area contributed by atoms with Crippen LogP contribution in [0.4, 0.5) is 0 Å². The topological polar surface area (TPSA) is 52.5 Å². The van der Waals surface area contributed by atoms with E-state index in [2.05, 4.69) is 18.3 Å². The van der Waals surface area contributed by atoms with Crippen molar-refractivity contribution in [1.82, 2.24) is 5.32 Å². The van der Waals surface area contributed by atoms with Crippen LogP contribution in [-0.2, 0) is 13.2 Å². The van der Waals surface area contributed by atoms with Crippen LogP contribution in [-0.4, -0.2) is 10.2 Å². The van der Waals surface area contributed by atoms with Gasteiger partial charge in [-0.05, 0) is 35.2 Å². The van der Waals surface area contributed by atoms with Crippen LogP contribution in [0.3, 0.4) is 0 Å². The number of aliphatic hydroxyl groups is 1. The summed E-state index contributed by atoms with van der Waals surface area (Å²) in [7, 11) is 0. The molecular weight excluding hydrogens is 250 g/mol. The van der Waals surface area contributed by atoms with Crippen LogP contribution in [0.1, 0.15) is 36.1 Å². The highest BCUT2D eigenvalue weighted by atomic mass is 16.3. The summed E-state index contributed by atoms with van der Waals surface area (Å²) in [6, 6.07) is 15.5. The first-order chi connectivity index (χ1) is 9.72. The number of phenolic OH excluding ortho intramolecular Hbond substituents is 1. The van der Waals surface area contributed by atoms with E-state index in [-0.39, 0.29) is 12.6 Å². The lowest BCUT2D eigenvalue weighted by Gasteiger charge is -2.18. The predicted octanol–water partition coefficient (Wildman–Crippen LogP) is 3.13. The Bertz CT molecular complexity index is 537. The van der Waals surface area contributed by atoms with E-state index >= 15 is 0 Å². The van der Waals surface area contributed by atoms with Crippen molar-refractivity contribution in [3.8, 4) is 5.75 Å². The fraction of sp³-hybridized carbons (Fsp3) is 0.294. The number of rotatable bonds is 6. The first kappa shape index (κ1) is 14.6. The molecule has 3 heteroatoms. The normalized spacial score (nSPS) is 12.3. The summed E-state index contributed by atoms with van der Waals surface area (Å²) in [6.07, 6.45) is 0.977. The molecule has 0 aliphatic heterocycles. The third kappa shape index (κ3) is 3.83. The van der Waals surface area contributed by atoms with Crippen LogP contribution in [0.15, 0.2) is 48.5 Å². The molecule has 1 atom stereocenters. The minimum absolute atomic E-state index is 0.0724. The summed E-state index contributed by atoms with van der Waals surface area (Å²) in [5.41, 5.74) is 3.26. The molecule has 3 N–H and O–H groups in total. The molecule has 0 aromatic heterocycles. The molecule has 2 aromatic rings. The van der Waals surface area contributed by atoms with E-state index in [9.17, 15) is 5.11 Å². The van der Waals surface area contributed by atoms with Crippen molar-refractivity contribution in [3.63, 3.8) is 0 Å². The lowest BCUT2D eigenvalue weighted by atomic mass is 10.0. The van der Waals surface area contributed by atoms with Crippen LogP contribution in [0.5, 0.6) is 5.75 Å².